The first-order valence-corrected chi connectivity index (χ1v) is 9.75. The zero-order valence-corrected chi connectivity index (χ0v) is 16.7. The van der Waals surface area contributed by atoms with Crippen molar-refractivity contribution >= 4 is 35.5 Å². The fourth-order valence-corrected chi connectivity index (χ4v) is 3.84. The third kappa shape index (κ3) is 4.42. The average molecular weight is 416 g/mol. The number of ether oxygens (including phenoxy) is 1. The van der Waals surface area contributed by atoms with Crippen molar-refractivity contribution in [1.29, 1.82) is 0 Å². The van der Waals surface area contributed by atoms with E-state index in [-0.39, 0.29) is 0 Å². The number of nitrogens with one attached hydrogen (secondary N) is 2. The van der Waals surface area contributed by atoms with E-state index in [1.54, 1.807) is 37.4 Å². The molecule has 1 heterocycles. The molecule has 1 spiro atoms. The van der Waals surface area contributed by atoms with Gasteiger partial charge in [0.25, 0.3) is 11.8 Å². The summed E-state index contributed by atoms with van der Waals surface area (Å²) in [7, 11) is 1.57. The van der Waals surface area contributed by atoms with Gasteiger partial charge in [0.05, 0.1) is 0 Å². The highest BCUT2D eigenvalue weighted by Crippen LogP contribution is 2.39. The van der Waals surface area contributed by atoms with Crippen LogP contribution in [-0.2, 0) is 19.1 Å². The molecule has 1 saturated heterocycles. The molecule has 2 N–H and O–H groups in total. The Balaban J connectivity index is 1.47. The summed E-state index contributed by atoms with van der Waals surface area (Å²) in [6.45, 7) is -1.29. The second-order valence-corrected chi connectivity index (χ2v) is 7.35. The predicted molar refractivity (Wildman–Crippen MR) is 105 cm³/mol. The van der Waals surface area contributed by atoms with Gasteiger partial charge in [-0.3, -0.25) is 24.6 Å². The molecule has 1 aromatic carbocycles. The molecular weight excluding hydrogens is 392 g/mol. The lowest BCUT2D eigenvalue weighted by atomic mass is 9.81. The van der Waals surface area contributed by atoms with Crippen LogP contribution in [0.5, 0.6) is 0 Å². The summed E-state index contributed by atoms with van der Waals surface area (Å²) >= 11 is 0. The Morgan fingerprint density at radius 2 is 1.73 bits per heavy atom. The Kier molecular flexibility index (Phi) is 6.34. The van der Waals surface area contributed by atoms with Gasteiger partial charge in [-0.1, -0.05) is 37.5 Å². The summed E-state index contributed by atoms with van der Waals surface area (Å²) in [6, 6.07) is 7.18. The van der Waals surface area contributed by atoms with Crippen LogP contribution in [0.4, 0.5) is 15.3 Å². The van der Waals surface area contributed by atoms with Crippen LogP contribution in [-0.4, -0.2) is 65.4 Å². The highest BCUT2D eigenvalue weighted by atomic mass is 16.5. The zero-order valence-electron chi connectivity index (χ0n) is 16.7. The molecular formula is C20H24N4O6. The number of amides is 6. The number of anilines is 1. The van der Waals surface area contributed by atoms with Gasteiger partial charge in [-0.25, -0.2) is 9.59 Å². The molecule has 0 unspecified atom stereocenters. The Morgan fingerprint density at radius 1 is 1.07 bits per heavy atom. The molecule has 0 atom stereocenters. The number of carbonyl (C=O) groups is 5. The number of rotatable bonds is 5. The van der Waals surface area contributed by atoms with Gasteiger partial charge in [-0.15, -0.1) is 0 Å². The third-order valence-corrected chi connectivity index (χ3v) is 5.42. The number of nitrogens with zero attached hydrogens (tertiary/aromatic N) is 2. The summed E-state index contributed by atoms with van der Waals surface area (Å²) in [4.78, 5) is 63.2. The van der Waals surface area contributed by atoms with Crippen LogP contribution in [0.15, 0.2) is 30.3 Å². The molecule has 0 radical (unpaired) electrons. The van der Waals surface area contributed by atoms with Crippen molar-refractivity contribution in [3.8, 4) is 0 Å². The van der Waals surface area contributed by atoms with Crippen LogP contribution in [0.3, 0.4) is 0 Å². The normalized spacial score (nSPS) is 17.8. The molecule has 160 valence electrons. The van der Waals surface area contributed by atoms with Gasteiger partial charge < -0.3 is 15.0 Å². The number of benzene rings is 1. The summed E-state index contributed by atoms with van der Waals surface area (Å²) in [5.41, 5.74) is -0.394. The van der Waals surface area contributed by atoms with Crippen molar-refractivity contribution in [3.05, 3.63) is 30.3 Å². The molecule has 0 bridgehead atoms. The molecule has 0 aromatic heterocycles. The number of hydrogen-bond donors (Lipinski definition) is 2. The largest absolute Gasteiger partial charge is 0.454 e. The molecule has 10 heteroatoms. The molecule has 6 amide bonds. The Hall–Kier alpha value is -3.43. The van der Waals surface area contributed by atoms with Crippen LogP contribution in [0, 0.1) is 0 Å². The van der Waals surface area contributed by atoms with Crippen molar-refractivity contribution in [2.45, 2.75) is 37.6 Å². The Labute approximate surface area is 173 Å². The van der Waals surface area contributed by atoms with Crippen LogP contribution in [0.2, 0.25) is 0 Å². The maximum absolute atomic E-state index is 12.8. The van der Waals surface area contributed by atoms with E-state index in [1.165, 1.54) is 4.90 Å². The first kappa shape index (κ1) is 21.3. The van der Waals surface area contributed by atoms with Crippen molar-refractivity contribution in [1.82, 2.24) is 15.1 Å². The first-order chi connectivity index (χ1) is 14.3. The molecule has 2 aliphatic rings. The van der Waals surface area contributed by atoms with E-state index in [0.29, 0.717) is 18.5 Å². The summed E-state index contributed by atoms with van der Waals surface area (Å²) < 4.78 is 4.83. The van der Waals surface area contributed by atoms with E-state index in [4.69, 9.17) is 4.74 Å². The van der Waals surface area contributed by atoms with Crippen molar-refractivity contribution in [3.63, 3.8) is 0 Å². The molecule has 1 saturated carbocycles. The SMILES string of the molecule is CN1C(=O)N(CC(=O)OCC(=O)NC(=O)Nc2ccccc2)C(=O)C12CCCCC2. The lowest BCUT2D eigenvalue weighted by Crippen LogP contribution is -2.49. The highest BCUT2D eigenvalue weighted by Gasteiger charge is 2.55. The minimum atomic E-state index is -0.906. The zero-order chi connectivity index (χ0) is 21.7. The van der Waals surface area contributed by atoms with Gasteiger partial charge >= 0.3 is 18.0 Å². The quantitative estimate of drug-likeness (QED) is 0.553. The molecule has 1 aliphatic heterocycles. The predicted octanol–water partition coefficient (Wildman–Crippen LogP) is 1.47. The number of carbonyl (C=O) groups excluding carboxylic acids is 5. The summed E-state index contributed by atoms with van der Waals surface area (Å²) in [6.07, 6.45) is 3.82. The third-order valence-electron chi connectivity index (χ3n) is 5.42. The number of likely N-dealkylation sites (N-methyl/N-ethyl adjacent to an activating group) is 1. The number of hydrogen-bond acceptors (Lipinski definition) is 6. The number of esters is 1. The van der Waals surface area contributed by atoms with E-state index >= 15 is 0 Å². The number of urea groups is 2. The Morgan fingerprint density at radius 3 is 2.40 bits per heavy atom. The highest BCUT2D eigenvalue weighted by molar-refractivity contribution is 6.08. The van der Waals surface area contributed by atoms with E-state index < -0.39 is 48.5 Å². The van der Waals surface area contributed by atoms with Crippen LogP contribution < -0.4 is 10.6 Å². The first-order valence-electron chi connectivity index (χ1n) is 9.75. The van der Waals surface area contributed by atoms with E-state index in [0.717, 1.165) is 24.2 Å². The van der Waals surface area contributed by atoms with Crippen molar-refractivity contribution < 1.29 is 28.7 Å². The monoisotopic (exact) mass is 416 g/mol. The fraction of sp³-hybridized carbons (Fsp3) is 0.450. The van der Waals surface area contributed by atoms with Gasteiger partial charge in [0, 0.05) is 12.7 Å². The lowest BCUT2D eigenvalue weighted by Gasteiger charge is -2.35. The van der Waals surface area contributed by atoms with E-state index in [9.17, 15) is 24.0 Å². The van der Waals surface area contributed by atoms with Gasteiger partial charge in [-0.2, -0.15) is 0 Å². The molecule has 1 aliphatic carbocycles. The second kappa shape index (κ2) is 8.93. The summed E-state index contributed by atoms with van der Waals surface area (Å²) in [5, 5.41) is 4.48. The van der Waals surface area contributed by atoms with Gasteiger partial charge in [-0.05, 0) is 25.0 Å². The van der Waals surface area contributed by atoms with Gasteiger partial charge in [0.15, 0.2) is 6.61 Å². The molecule has 3 rings (SSSR count). The van der Waals surface area contributed by atoms with Gasteiger partial charge in [0.1, 0.15) is 12.1 Å². The maximum Gasteiger partial charge on any atom is 0.327 e. The van der Waals surface area contributed by atoms with Crippen molar-refractivity contribution in [2.24, 2.45) is 0 Å². The lowest BCUT2D eigenvalue weighted by molar-refractivity contribution is -0.151. The van der Waals surface area contributed by atoms with E-state index in [1.807, 2.05) is 5.32 Å². The van der Waals surface area contributed by atoms with Crippen molar-refractivity contribution in [2.75, 3.05) is 25.5 Å². The average Bonchev–Trinajstić information content (AvgIpc) is 2.90. The number of para-hydroxylation sites is 1. The molecule has 10 nitrogen and oxygen atoms in total. The van der Waals surface area contributed by atoms with Crippen LogP contribution >= 0.6 is 0 Å². The van der Waals surface area contributed by atoms with Crippen LogP contribution in [0.1, 0.15) is 32.1 Å². The standard InChI is InChI=1S/C20H24N4O6/c1-23-19(29)24(17(27)20(23)10-6-3-7-11-20)12-16(26)30-13-15(25)22-18(28)21-14-8-4-2-5-9-14/h2,4-5,8-9H,3,6-7,10-13H2,1H3,(H2,21,22,25,28). The molecule has 1 aromatic rings. The fourth-order valence-electron chi connectivity index (χ4n) is 3.84. The second-order valence-electron chi connectivity index (χ2n) is 7.35. The smallest absolute Gasteiger partial charge is 0.327 e. The van der Waals surface area contributed by atoms with Crippen LogP contribution in [0.25, 0.3) is 0 Å². The molecule has 30 heavy (non-hydrogen) atoms. The molecule has 2 fully saturated rings. The summed E-state index contributed by atoms with van der Waals surface area (Å²) in [5.74, 6) is -2.15. The number of imide groups is 2. The maximum atomic E-state index is 12.8. The van der Waals surface area contributed by atoms with Gasteiger partial charge in [0.2, 0.25) is 0 Å². The Bertz CT molecular complexity index is 850. The van der Waals surface area contributed by atoms with E-state index in [2.05, 4.69) is 5.32 Å². The minimum absolute atomic E-state index is 0.404. The topological polar surface area (TPSA) is 125 Å². The minimum Gasteiger partial charge on any atom is -0.454 e.